The van der Waals surface area contributed by atoms with Gasteiger partial charge in [0, 0.05) is 38.4 Å². The van der Waals surface area contributed by atoms with Crippen molar-refractivity contribution in [1.29, 1.82) is 0 Å². The van der Waals surface area contributed by atoms with Crippen LogP contribution in [0.4, 0.5) is 18.9 Å². The van der Waals surface area contributed by atoms with Gasteiger partial charge < -0.3 is 4.90 Å². The maximum atomic E-state index is 12.9. The van der Waals surface area contributed by atoms with Gasteiger partial charge in [0.2, 0.25) is 0 Å². The van der Waals surface area contributed by atoms with Crippen molar-refractivity contribution < 1.29 is 13.2 Å². The molecule has 1 aliphatic heterocycles. The number of alkyl halides is 3. The Morgan fingerprint density at radius 2 is 1.85 bits per heavy atom. The highest BCUT2D eigenvalue weighted by atomic mass is 19.4. The van der Waals surface area contributed by atoms with Crippen molar-refractivity contribution in [2.24, 2.45) is 17.3 Å². The van der Waals surface area contributed by atoms with Crippen LogP contribution in [-0.4, -0.2) is 37.6 Å². The van der Waals surface area contributed by atoms with E-state index in [9.17, 15) is 13.2 Å². The number of hydrogen-bond acceptors (Lipinski definition) is 2. The first kappa shape index (κ1) is 17.9. The summed E-state index contributed by atoms with van der Waals surface area (Å²) in [5.41, 5.74) is 2.15. The molecule has 1 aromatic carbocycles. The second-order valence-corrected chi connectivity index (χ2v) is 8.63. The first-order valence-corrected chi connectivity index (χ1v) is 9.58. The van der Waals surface area contributed by atoms with Crippen LogP contribution in [0, 0.1) is 17.3 Å². The second-order valence-electron chi connectivity index (χ2n) is 8.63. The van der Waals surface area contributed by atoms with Crippen LogP contribution in [-0.2, 0) is 6.18 Å². The highest BCUT2D eigenvalue weighted by Crippen LogP contribution is 2.59. The topological polar surface area (TPSA) is 6.48 Å². The van der Waals surface area contributed by atoms with Crippen molar-refractivity contribution in [3.63, 3.8) is 0 Å². The Balaban J connectivity index is 1.36. The molecule has 1 heterocycles. The van der Waals surface area contributed by atoms with E-state index in [2.05, 4.69) is 29.7 Å². The molecule has 5 heteroatoms. The van der Waals surface area contributed by atoms with E-state index >= 15 is 0 Å². The molecule has 0 radical (unpaired) electrons. The normalized spacial score (nSPS) is 28.5. The molecule has 0 amide bonds. The number of halogens is 3. The molecule has 142 valence electrons. The number of allylic oxidation sites excluding steroid dienone is 1. The van der Waals surface area contributed by atoms with Gasteiger partial charge in [-0.3, -0.25) is 4.90 Å². The van der Waals surface area contributed by atoms with E-state index in [1.165, 1.54) is 25.0 Å². The number of anilines is 1. The molecule has 0 spiro atoms. The van der Waals surface area contributed by atoms with Gasteiger partial charge in [0.15, 0.2) is 0 Å². The van der Waals surface area contributed by atoms with Crippen LogP contribution in [0.15, 0.2) is 35.9 Å². The molecule has 3 aliphatic carbocycles. The van der Waals surface area contributed by atoms with E-state index in [4.69, 9.17) is 0 Å². The predicted molar refractivity (Wildman–Crippen MR) is 98.2 cm³/mol. The molecule has 1 saturated carbocycles. The summed E-state index contributed by atoms with van der Waals surface area (Å²) in [5, 5.41) is 0. The van der Waals surface area contributed by atoms with Gasteiger partial charge in [0.1, 0.15) is 0 Å². The van der Waals surface area contributed by atoms with Crippen LogP contribution in [0.5, 0.6) is 0 Å². The number of rotatable bonds is 3. The van der Waals surface area contributed by atoms with Gasteiger partial charge in [0.25, 0.3) is 0 Å². The zero-order valence-corrected chi connectivity index (χ0v) is 15.5. The molecule has 0 aromatic heterocycles. The lowest BCUT2D eigenvalue weighted by Crippen LogP contribution is -2.52. The summed E-state index contributed by atoms with van der Waals surface area (Å²) in [7, 11) is 0. The fourth-order valence-corrected chi connectivity index (χ4v) is 4.96. The van der Waals surface area contributed by atoms with Crippen LogP contribution in [0.2, 0.25) is 0 Å². The van der Waals surface area contributed by atoms with Crippen molar-refractivity contribution in [3.05, 3.63) is 41.5 Å². The lowest BCUT2D eigenvalue weighted by atomic mass is 9.49. The zero-order valence-electron chi connectivity index (χ0n) is 15.5. The molecule has 2 nitrogen and oxygen atoms in total. The van der Waals surface area contributed by atoms with Crippen molar-refractivity contribution in [2.75, 3.05) is 37.6 Å². The number of hydrogen-bond donors (Lipinski definition) is 0. The minimum atomic E-state index is -4.28. The molecular formula is C21H27F3N2. The second kappa shape index (κ2) is 6.29. The van der Waals surface area contributed by atoms with Gasteiger partial charge in [0.05, 0.1) is 5.56 Å². The standard InChI is InChI=1S/C21H27F3N2/c1-20(2)16-7-6-15(19(20)13-16)14-25-8-10-26(11-9-25)18-5-3-4-17(12-18)21(22,23)24/h3-6,12,16,19H,7-11,13-14H2,1-2H3/t16-,19+/m0/s1. The quantitative estimate of drug-likeness (QED) is 0.710. The Morgan fingerprint density at radius 3 is 2.46 bits per heavy atom. The Morgan fingerprint density at radius 1 is 1.12 bits per heavy atom. The molecule has 4 aliphatic rings. The Bertz CT molecular complexity index is 699. The highest BCUT2D eigenvalue weighted by molar-refractivity contribution is 5.49. The molecule has 2 bridgehead atoms. The number of fused-ring (bicyclic) bond motifs is 1. The third-order valence-electron chi connectivity index (χ3n) is 6.90. The van der Waals surface area contributed by atoms with E-state index < -0.39 is 11.7 Å². The minimum Gasteiger partial charge on any atom is -0.369 e. The van der Waals surface area contributed by atoms with Gasteiger partial charge in [-0.25, -0.2) is 0 Å². The molecule has 0 N–H and O–H groups in total. The van der Waals surface area contributed by atoms with Crippen LogP contribution in [0.3, 0.4) is 0 Å². The number of nitrogens with zero attached hydrogens (tertiary/aromatic N) is 2. The third-order valence-corrected chi connectivity index (χ3v) is 6.90. The summed E-state index contributed by atoms with van der Waals surface area (Å²) in [5.74, 6) is 1.58. The number of benzene rings is 1. The summed E-state index contributed by atoms with van der Waals surface area (Å²) in [6, 6.07) is 5.71. The predicted octanol–water partition coefficient (Wildman–Crippen LogP) is 4.82. The minimum absolute atomic E-state index is 0.448. The molecular weight excluding hydrogens is 337 g/mol. The first-order chi connectivity index (χ1) is 12.2. The van der Waals surface area contributed by atoms with Crippen molar-refractivity contribution in [3.8, 4) is 0 Å². The summed E-state index contributed by atoms with van der Waals surface area (Å²) < 4.78 is 38.8. The van der Waals surface area contributed by atoms with Crippen molar-refractivity contribution in [1.82, 2.24) is 4.90 Å². The SMILES string of the molecule is CC1(C)[C@H]2CC=C(CN3CCN(c4cccc(C(F)(F)F)c4)CC3)[C@H]1C2. The molecule has 2 atom stereocenters. The van der Waals surface area contributed by atoms with Crippen LogP contribution >= 0.6 is 0 Å². The first-order valence-electron chi connectivity index (χ1n) is 9.58. The van der Waals surface area contributed by atoms with Gasteiger partial charge in [-0.05, 0) is 48.3 Å². The third kappa shape index (κ3) is 3.15. The largest absolute Gasteiger partial charge is 0.416 e. The molecule has 1 aromatic rings. The zero-order chi connectivity index (χ0) is 18.5. The summed E-state index contributed by atoms with van der Waals surface area (Å²) in [6.45, 7) is 9.19. The maximum Gasteiger partial charge on any atom is 0.416 e. The maximum absolute atomic E-state index is 12.9. The summed E-state index contributed by atoms with van der Waals surface area (Å²) in [4.78, 5) is 4.54. The average Bonchev–Trinajstić information content (AvgIpc) is 2.62. The van der Waals surface area contributed by atoms with Crippen molar-refractivity contribution >= 4 is 5.69 Å². The van der Waals surface area contributed by atoms with Gasteiger partial charge in [-0.15, -0.1) is 0 Å². The Labute approximate surface area is 153 Å². The van der Waals surface area contributed by atoms with E-state index in [0.29, 0.717) is 11.1 Å². The lowest BCUT2D eigenvalue weighted by molar-refractivity contribution is -0.137. The number of piperazine rings is 1. The van der Waals surface area contributed by atoms with Gasteiger partial charge >= 0.3 is 6.18 Å². The molecule has 2 fully saturated rings. The Kier molecular flexibility index (Phi) is 4.33. The fourth-order valence-electron chi connectivity index (χ4n) is 4.96. The summed E-state index contributed by atoms with van der Waals surface area (Å²) >= 11 is 0. The van der Waals surface area contributed by atoms with E-state index in [1.54, 1.807) is 11.6 Å². The highest BCUT2D eigenvalue weighted by Gasteiger charge is 2.51. The van der Waals surface area contributed by atoms with Gasteiger partial charge in [-0.1, -0.05) is 31.6 Å². The average molecular weight is 364 g/mol. The Hall–Kier alpha value is -1.49. The van der Waals surface area contributed by atoms with E-state index in [0.717, 1.165) is 50.6 Å². The molecule has 1 saturated heterocycles. The summed E-state index contributed by atoms with van der Waals surface area (Å²) in [6.07, 6.45) is 0.716. The lowest BCUT2D eigenvalue weighted by Gasteiger charge is -2.57. The fraction of sp³-hybridized carbons (Fsp3) is 0.619. The smallest absolute Gasteiger partial charge is 0.369 e. The van der Waals surface area contributed by atoms with Crippen molar-refractivity contribution in [2.45, 2.75) is 32.9 Å². The van der Waals surface area contributed by atoms with Crippen LogP contribution in [0.25, 0.3) is 0 Å². The molecule has 5 rings (SSSR count). The molecule has 0 unspecified atom stereocenters. The van der Waals surface area contributed by atoms with Crippen LogP contribution < -0.4 is 4.90 Å². The van der Waals surface area contributed by atoms with E-state index in [-0.39, 0.29) is 0 Å². The van der Waals surface area contributed by atoms with Crippen LogP contribution in [0.1, 0.15) is 32.3 Å². The van der Waals surface area contributed by atoms with Gasteiger partial charge in [-0.2, -0.15) is 13.2 Å². The van der Waals surface area contributed by atoms with E-state index in [1.807, 2.05) is 0 Å². The monoisotopic (exact) mass is 364 g/mol. The molecule has 26 heavy (non-hydrogen) atoms.